The maximum absolute atomic E-state index is 5.01. The molecule has 0 N–H and O–H groups in total. The molecule has 146 valence electrons. The molecule has 28 heavy (non-hydrogen) atoms. The SMILES string of the molecule is Cc1ccccc1CN1CCc2nc(-c3ccc(C(C)(C)C)cc3)n(C)c2C1. The first kappa shape index (κ1) is 18.9. The van der Waals surface area contributed by atoms with E-state index in [0.717, 1.165) is 31.9 Å². The van der Waals surface area contributed by atoms with Gasteiger partial charge in [0.1, 0.15) is 5.82 Å². The van der Waals surface area contributed by atoms with Crippen molar-refractivity contribution in [3.8, 4) is 11.4 Å². The van der Waals surface area contributed by atoms with Crippen LogP contribution in [0.5, 0.6) is 0 Å². The Labute approximate surface area is 169 Å². The smallest absolute Gasteiger partial charge is 0.140 e. The van der Waals surface area contributed by atoms with Gasteiger partial charge in [-0.3, -0.25) is 4.90 Å². The third kappa shape index (κ3) is 3.64. The predicted molar refractivity (Wildman–Crippen MR) is 116 cm³/mol. The number of aromatic nitrogens is 2. The Morgan fingerprint density at radius 1 is 1.00 bits per heavy atom. The number of aryl methyl sites for hydroxylation is 1. The van der Waals surface area contributed by atoms with Gasteiger partial charge in [0.15, 0.2) is 0 Å². The average Bonchev–Trinajstić information content (AvgIpc) is 2.99. The molecule has 2 heterocycles. The number of nitrogens with zero attached hydrogens (tertiary/aromatic N) is 3. The van der Waals surface area contributed by atoms with Gasteiger partial charge in [0.2, 0.25) is 0 Å². The second kappa shape index (κ2) is 7.21. The largest absolute Gasteiger partial charge is 0.330 e. The van der Waals surface area contributed by atoms with Gasteiger partial charge in [0.05, 0.1) is 11.4 Å². The van der Waals surface area contributed by atoms with Crippen LogP contribution >= 0.6 is 0 Å². The number of hydrogen-bond donors (Lipinski definition) is 0. The number of hydrogen-bond acceptors (Lipinski definition) is 2. The van der Waals surface area contributed by atoms with Crippen LogP contribution in [0, 0.1) is 6.92 Å². The Morgan fingerprint density at radius 3 is 2.39 bits per heavy atom. The van der Waals surface area contributed by atoms with Crippen LogP contribution in [-0.2, 0) is 32.0 Å². The maximum Gasteiger partial charge on any atom is 0.140 e. The number of rotatable bonds is 3. The van der Waals surface area contributed by atoms with E-state index < -0.39 is 0 Å². The van der Waals surface area contributed by atoms with Crippen molar-refractivity contribution in [2.75, 3.05) is 6.54 Å². The zero-order chi connectivity index (χ0) is 19.9. The molecule has 0 amide bonds. The first-order valence-electron chi connectivity index (χ1n) is 10.2. The highest BCUT2D eigenvalue weighted by molar-refractivity contribution is 5.58. The number of imidazole rings is 1. The van der Waals surface area contributed by atoms with Crippen molar-refractivity contribution < 1.29 is 0 Å². The van der Waals surface area contributed by atoms with Gasteiger partial charge in [-0.05, 0) is 29.0 Å². The highest BCUT2D eigenvalue weighted by atomic mass is 15.2. The van der Waals surface area contributed by atoms with E-state index in [2.05, 4.69) is 92.7 Å². The molecule has 3 aromatic rings. The van der Waals surface area contributed by atoms with Crippen molar-refractivity contribution in [2.45, 2.75) is 52.6 Å². The van der Waals surface area contributed by atoms with E-state index in [0.29, 0.717) is 0 Å². The summed E-state index contributed by atoms with van der Waals surface area (Å²) < 4.78 is 2.30. The Kier molecular flexibility index (Phi) is 4.88. The van der Waals surface area contributed by atoms with Crippen molar-refractivity contribution >= 4 is 0 Å². The highest BCUT2D eigenvalue weighted by Gasteiger charge is 2.24. The summed E-state index contributed by atoms with van der Waals surface area (Å²) in [5.41, 5.74) is 8.15. The summed E-state index contributed by atoms with van der Waals surface area (Å²) in [5.74, 6) is 1.09. The first-order chi connectivity index (χ1) is 13.3. The van der Waals surface area contributed by atoms with Gasteiger partial charge in [0, 0.05) is 38.7 Å². The number of benzene rings is 2. The monoisotopic (exact) mass is 373 g/mol. The van der Waals surface area contributed by atoms with Crippen molar-refractivity contribution in [2.24, 2.45) is 7.05 Å². The molecule has 2 aromatic carbocycles. The van der Waals surface area contributed by atoms with Gasteiger partial charge in [-0.1, -0.05) is 69.3 Å². The van der Waals surface area contributed by atoms with Crippen LogP contribution in [-0.4, -0.2) is 21.0 Å². The zero-order valence-electron chi connectivity index (χ0n) is 17.8. The lowest BCUT2D eigenvalue weighted by molar-refractivity contribution is 0.238. The van der Waals surface area contributed by atoms with Crippen LogP contribution in [0.15, 0.2) is 48.5 Å². The fourth-order valence-electron chi connectivity index (χ4n) is 4.08. The van der Waals surface area contributed by atoms with E-state index in [4.69, 9.17) is 4.98 Å². The summed E-state index contributed by atoms with van der Waals surface area (Å²) in [7, 11) is 2.16. The molecule has 0 saturated carbocycles. The third-order valence-corrected chi connectivity index (χ3v) is 6.00. The Balaban J connectivity index is 1.57. The van der Waals surface area contributed by atoms with Crippen LogP contribution in [0.4, 0.5) is 0 Å². The second-order valence-corrected chi connectivity index (χ2v) is 9.10. The maximum atomic E-state index is 5.01. The summed E-state index contributed by atoms with van der Waals surface area (Å²) in [6, 6.07) is 17.6. The van der Waals surface area contributed by atoms with E-state index in [-0.39, 0.29) is 5.41 Å². The Bertz CT molecular complexity index is 974. The molecule has 3 nitrogen and oxygen atoms in total. The van der Waals surface area contributed by atoms with Crippen molar-refractivity contribution in [1.82, 2.24) is 14.5 Å². The molecule has 0 atom stereocenters. The molecule has 3 heteroatoms. The minimum Gasteiger partial charge on any atom is -0.330 e. The van der Waals surface area contributed by atoms with Gasteiger partial charge in [-0.25, -0.2) is 4.98 Å². The first-order valence-corrected chi connectivity index (χ1v) is 10.2. The molecular weight excluding hydrogens is 342 g/mol. The van der Waals surface area contributed by atoms with Crippen LogP contribution in [0.1, 0.15) is 48.8 Å². The van der Waals surface area contributed by atoms with Gasteiger partial charge in [-0.15, -0.1) is 0 Å². The van der Waals surface area contributed by atoms with Crippen molar-refractivity contribution in [3.05, 3.63) is 76.6 Å². The van der Waals surface area contributed by atoms with Gasteiger partial charge in [0.25, 0.3) is 0 Å². The quantitative estimate of drug-likeness (QED) is 0.625. The molecule has 1 aliphatic rings. The molecule has 0 aliphatic carbocycles. The minimum absolute atomic E-state index is 0.176. The molecule has 0 unspecified atom stereocenters. The Morgan fingerprint density at radius 2 is 1.71 bits per heavy atom. The van der Waals surface area contributed by atoms with E-state index in [9.17, 15) is 0 Å². The summed E-state index contributed by atoms with van der Waals surface area (Å²) in [6.07, 6.45) is 1.02. The molecule has 1 aliphatic heterocycles. The van der Waals surface area contributed by atoms with Crippen LogP contribution < -0.4 is 0 Å². The molecule has 0 fully saturated rings. The molecule has 0 saturated heterocycles. The summed E-state index contributed by atoms with van der Waals surface area (Å²) in [4.78, 5) is 7.55. The molecule has 0 spiro atoms. The van der Waals surface area contributed by atoms with E-state index in [1.54, 1.807) is 0 Å². The lowest BCUT2D eigenvalue weighted by atomic mass is 9.87. The standard InChI is InChI=1S/C25H31N3/c1-18-8-6-7-9-20(18)16-28-15-14-22-23(17-28)27(5)24(26-22)19-10-12-21(13-11-19)25(2,3)4/h6-13H,14-17H2,1-5H3. The lowest BCUT2D eigenvalue weighted by Crippen LogP contribution is -2.31. The molecular formula is C25H31N3. The molecule has 1 aromatic heterocycles. The van der Waals surface area contributed by atoms with E-state index >= 15 is 0 Å². The Hall–Kier alpha value is -2.39. The van der Waals surface area contributed by atoms with Gasteiger partial charge >= 0.3 is 0 Å². The zero-order valence-corrected chi connectivity index (χ0v) is 17.8. The highest BCUT2D eigenvalue weighted by Crippen LogP contribution is 2.29. The topological polar surface area (TPSA) is 21.1 Å². The average molecular weight is 374 g/mol. The third-order valence-electron chi connectivity index (χ3n) is 6.00. The predicted octanol–water partition coefficient (Wildman–Crippen LogP) is 5.25. The second-order valence-electron chi connectivity index (χ2n) is 9.10. The molecule has 0 radical (unpaired) electrons. The van der Waals surface area contributed by atoms with E-state index in [1.165, 1.54) is 33.6 Å². The number of fused-ring (bicyclic) bond motifs is 1. The summed E-state index contributed by atoms with van der Waals surface area (Å²) in [5, 5.41) is 0. The lowest BCUT2D eigenvalue weighted by Gasteiger charge is -2.27. The normalized spacial score (nSPS) is 14.9. The molecule has 4 rings (SSSR count). The molecule has 0 bridgehead atoms. The fourth-order valence-corrected chi connectivity index (χ4v) is 4.08. The minimum atomic E-state index is 0.176. The van der Waals surface area contributed by atoms with Crippen molar-refractivity contribution in [1.29, 1.82) is 0 Å². The van der Waals surface area contributed by atoms with Crippen LogP contribution in [0.25, 0.3) is 11.4 Å². The van der Waals surface area contributed by atoms with Crippen LogP contribution in [0.3, 0.4) is 0 Å². The fraction of sp³-hybridized carbons (Fsp3) is 0.400. The van der Waals surface area contributed by atoms with Gasteiger partial charge in [-0.2, -0.15) is 0 Å². The van der Waals surface area contributed by atoms with Gasteiger partial charge < -0.3 is 4.57 Å². The summed E-state index contributed by atoms with van der Waals surface area (Å²) in [6.45, 7) is 12.0. The summed E-state index contributed by atoms with van der Waals surface area (Å²) >= 11 is 0. The van der Waals surface area contributed by atoms with Crippen molar-refractivity contribution in [3.63, 3.8) is 0 Å². The van der Waals surface area contributed by atoms with E-state index in [1.807, 2.05) is 0 Å². The van der Waals surface area contributed by atoms with Crippen LogP contribution in [0.2, 0.25) is 0 Å².